The Labute approximate surface area is 317 Å². The van der Waals surface area contributed by atoms with E-state index in [4.69, 9.17) is 39.5 Å². The number of H-pyrrole nitrogens is 1. The van der Waals surface area contributed by atoms with Gasteiger partial charge in [-0.3, -0.25) is 9.69 Å². The molecule has 3 aromatic heterocycles. The summed E-state index contributed by atoms with van der Waals surface area (Å²) < 4.78 is 35.7. The molecule has 1 aliphatic carbocycles. The molecule has 2 aliphatic rings. The third-order valence-electron chi connectivity index (χ3n) is 9.61. The monoisotopic (exact) mass is 778 g/mol. The fourth-order valence-electron chi connectivity index (χ4n) is 6.77. The fraction of sp³-hybridized carbons (Fsp3) is 0.289. The van der Waals surface area contributed by atoms with Gasteiger partial charge in [0, 0.05) is 61.1 Å². The number of nitrogens with one attached hydrogen (secondary N) is 2. The number of aromatic amines is 1. The molecule has 14 heteroatoms. The van der Waals surface area contributed by atoms with Crippen LogP contribution in [0.15, 0.2) is 89.6 Å². The number of hydrogen-bond acceptors (Lipinski definition) is 8. The Kier molecular flexibility index (Phi) is 10.3. The van der Waals surface area contributed by atoms with Gasteiger partial charge in [0.25, 0.3) is 15.9 Å². The first-order valence-electron chi connectivity index (χ1n) is 16.9. The second-order valence-corrected chi connectivity index (χ2v) is 16.8. The van der Waals surface area contributed by atoms with E-state index in [-0.39, 0.29) is 31.9 Å². The summed E-state index contributed by atoms with van der Waals surface area (Å²) in [6, 6.07) is 19.3. The highest BCUT2D eigenvalue weighted by molar-refractivity contribution is 7.90. The quantitative estimate of drug-likeness (QED) is 0.143. The van der Waals surface area contributed by atoms with Crippen molar-refractivity contribution in [2.75, 3.05) is 37.6 Å². The average Bonchev–Trinajstić information content (AvgIpc) is 3.59. The third-order valence-corrected chi connectivity index (χ3v) is 11.9. The number of carbonyl (C=O) groups excluding carboxylic acids is 1. The second kappa shape index (κ2) is 14.7. The summed E-state index contributed by atoms with van der Waals surface area (Å²) in [7, 11) is -4.43. The minimum atomic E-state index is -4.43. The summed E-state index contributed by atoms with van der Waals surface area (Å²) >= 11 is 18.1. The summed E-state index contributed by atoms with van der Waals surface area (Å²) in [4.78, 5) is 28.8. The Balaban J connectivity index is 1.12. The Hall–Kier alpha value is -4.13. The van der Waals surface area contributed by atoms with Crippen LogP contribution < -0.4 is 14.4 Å². The number of piperazine rings is 1. The second-order valence-electron chi connectivity index (χ2n) is 13.9. The first-order valence-corrected chi connectivity index (χ1v) is 19.5. The lowest BCUT2D eigenvalue weighted by molar-refractivity contribution is 0.0976. The van der Waals surface area contributed by atoms with Crippen LogP contribution in [0.4, 0.5) is 5.69 Å². The summed E-state index contributed by atoms with van der Waals surface area (Å²) in [6.45, 7) is 8.70. The highest BCUT2D eigenvalue weighted by Gasteiger charge is 2.30. The molecule has 0 unspecified atom stereocenters. The molecular weight excluding hydrogens is 743 g/mol. The lowest BCUT2D eigenvalue weighted by atomic mass is 9.72. The van der Waals surface area contributed by atoms with Crippen molar-refractivity contribution in [3.8, 4) is 11.5 Å². The number of rotatable bonds is 9. The van der Waals surface area contributed by atoms with E-state index in [9.17, 15) is 13.2 Å². The Bertz CT molecular complexity index is 2280. The Morgan fingerprint density at radius 2 is 1.75 bits per heavy atom. The van der Waals surface area contributed by atoms with E-state index in [1.165, 1.54) is 41.1 Å². The number of nitrogens with zero attached hydrogens (tertiary/aromatic N) is 4. The highest BCUT2D eigenvalue weighted by atomic mass is 35.5. The van der Waals surface area contributed by atoms with E-state index < -0.39 is 15.9 Å². The van der Waals surface area contributed by atoms with Crippen molar-refractivity contribution in [3.63, 3.8) is 0 Å². The fourth-order valence-corrected chi connectivity index (χ4v) is 8.23. The molecule has 1 fully saturated rings. The van der Waals surface area contributed by atoms with Crippen LogP contribution >= 0.6 is 34.8 Å². The van der Waals surface area contributed by atoms with Gasteiger partial charge in [0.15, 0.2) is 0 Å². The molecule has 0 radical (unpaired) electrons. The van der Waals surface area contributed by atoms with Crippen LogP contribution in [-0.4, -0.2) is 66.9 Å². The van der Waals surface area contributed by atoms with E-state index in [1.54, 1.807) is 24.4 Å². The number of ether oxygens (including phenoxy) is 1. The number of halogens is 3. The zero-order chi connectivity index (χ0) is 36.6. The zero-order valence-electron chi connectivity index (χ0n) is 28.6. The maximum atomic E-state index is 13.7. The number of aromatic nitrogens is 3. The minimum absolute atomic E-state index is 0.0431. The topological polar surface area (TPSA) is 121 Å². The highest BCUT2D eigenvalue weighted by Crippen LogP contribution is 2.43. The lowest BCUT2D eigenvalue weighted by Gasteiger charge is -2.39. The van der Waals surface area contributed by atoms with Crippen LogP contribution in [0.25, 0.3) is 16.6 Å². The molecule has 5 aromatic rings. The van der Waals surface area contributed by atoms with Crippen molar-refractivity contribution in [1.82, 2.24) is 24.6 Å². The largest absolute Gasteiger partial charge is 0.454 e. The molecule has 0 spiro atoms. The van der Waals surface area contributed by atoms with E-state index in [0.717, 1.165) is 68.1 Å². The summed E-state index contributed by atoms with van der Waals surface area (Å²) in [6.07, 6.45) is 6.50. The minimum Gasteiger partial charge on any atom is -0.454 e. The molecule has 270 valence electrons. The molecule has 10 nitrogen and oxygen atoms in total. The molecule has 1 amide bonds. The predicted molar refractivity (Wildman–Crippen MR) is 206 cm³/mol. The number of pyridine rings is 2. The van der Waals surface area contributed by atoms with Crippen molar-refractivity contribution in [3.05, 3.63) is 111 Å². The molecule has 1 aliphatic heterocycles. The summed E-state index contributed by atoms with van der Waals surface area (Å²) in [5.74, 6) is -0.582. The maximum Gasteiger partial charge on any atom is 0.283 e. The number of benzene rings is 2. The Morgan fingerprint density at radius 1 is 0.981 bits per heavy atom. The molecule has 2 aromatic carbocycles. The molecule has 4 heterocycles. The number of sulfonamides is 1. The van der Waals surface area contributed by atoms with E-state index >= 15 is 0 Å². The molecule has 0 atom stereocenters. The molecular formula is C38H37Cl3N6O4S. The van der Waals surface area contributed by atoms with Gasteiger partial charge in [-0.05, 0) is 84.3 Å². The van der Waals surface area contributed by atoms with Crippen LogP contribution in [0.2, 0.25) is 15.2 Å². The van der Waals surface area contributed by atoms with E-state index in [2.05, 4.69) is 55.5 Å². The van der Waals surface area contributed by atoms with Crippen LogP contribution in [-0.2, 0) is 10.0 Å². The van der Waals surface area contributed by atoms with Crippen molar-refractivity contribution < 1.29 is 17.9 Å². The molecule has 7 rings (SSSR count). The van der Waals surface area contributed by atoms with Crippen molar-refractivity contribution >= 4 is 73.0 Å². The van der Waals surface area contributed by atoms with Gasteiger partial charge in [0.05, 0.1) is 11.2 Å². The van der Waals surface area contributed by atoms with Crippen LogP contribution in [0.5, 0.6) is 11.5 Å². The number of allylic oxidation sites excluding steroid dienone is 1. The SMILES string of the molecule is CC1(C)CCC(CN2CCN(c3ccc(S(=O)(=O)NC(=O)c4ccc(Cl)c(Cl)n4)c(Oc4cnc5[nH]ccc5c4)c3)CC2)=C(c2ccc(Cl)cc2)C1. The summed E-state index contributed by atoms with van der Waals surface area (Å²) in [5.41, 5.74) is 5.63. The predicted octanol–water partition coefficient (Wildman–Crippen LogP) is 8.62. The number of hydrogen-bond donors (Lipinski definition) is 2. The molecule has 0 saturated carbocycles. The third kappa shape index (κ3) is 8.09. The van der Waals surface area contributed by atoms with E-state index in [1.807, 2.05) is 18.2 Å². The van der Waals surface area contributed by atoms with Gasteiger partial charge < -0.3 is 14.6 Å². The van der Waals surface area contributed by atoms with Gasteiger partial charge in [-0.25, -0.2) is 23.1 Å². The standard InChI is InChI=1S/C38H37Cl3N6O4S/c1-38(2)13-11-26(30(21-38)24-3-5-27(39)6-4-24)23-46-15-17-47(18-16-46)28-7-10-34(33(20-28)51-29-19-25-12-14-42-36(25)43-22-29)52(49,50)45-37(48)32-9-8-31(40)35(41)44-32/h3-10,12,14,19-20,22H,11,13,15-18,21,23H2,1-2H3,(H,42,43)(H,45,48). The first kappa shape index (κ1) is 36.2. The smallest absolute Gasteiger partial charge is 0.283 e. The molecule has 52 heavy (non-hydrogen) atoms. The van der Waals surface area contributed by atoms with Crippen molar-refractivity contribution in [2.45, 2.75) is 38.0 Å². The van der Waals surface area contributed by atoms with Gasteiger partial charge >= 0.3 is 0 Å². The number of fused-ring (bicyclic) bond motifs is 1. The molecule has 1 saturated heterocycles. The van der Waals surface area contributed by atoms with Gasteiger partial charge in [-0.2, -0.15) is 0 Å². The number of carbonyl (C=O) groups is 1. The van der Waals surface area contributed by atoms with Crippen LogP contribution in [0.3, 0.4) is 0 Å². The normalized spacial score (nSPS) is 16.7. The average molecular weight is 780 g/mol. The Morgan fingerprint density at radius 3 is 2.50 bits per heavy atom. The molecule has 0 bridgehead atoms. The first-order chi connectivity index (χ1) is 24.8. The summed E-state index contributed by atoms with van der Waals surface area (Å²) in [5, 5.41) is 1.55. The van der Waals surface area contributed by atoms with Gasteiger partial charge in [-0.15, -0.1) is 0 Å². The zero-order valence-corrected chi connectivity index (χ0v) is 31.7. The van der Waals surface area contributed by atoms with E-state index in [0.29, 0.717) is 11.4 Å². The number of amides is 1. The van der Waals surface area contributed by atoms with Crippen LogP contribution in [0.1, 0.15) is 49.2 Å². The van der Waals surface area contributed by atoms with Crippen molar-refractivity contribution in [1.29, 1.82) is 0 Å². The number of anilines is 1. The van der Waals surface area contributed by atoms with Gasteiger partial charge in [0.2, 0.25) is 0 Å². The maximum absolute atomic E-state index is 13.7. The lowest BCUT2D eigenvalue weighted by Crippen LogP contribution is -2.47. The van der Waals surface area contributed by atoms with Gasteiger partial charge in [-0.1, -0.05) is 66.4 Å². The van der Waals surface area contributed by atoms with Crippen LogP contribution in [0, 0.1) is 5.41 Å². The van der Waals surface area contributed by atoms with Crippen molar-refractivity contribution in [2.24, 2.45) is 5.41 Å². The molecule has 2 N–H and O–H groups in total. The van der Waals surface area contributed by atoms with Gasteiger partial charge in [0.1, 0.15) is 32.9 Å².